The maximum absolute atomic E-state index is 11.5. The molecule has 1 atom stereocenters. The Morgan fingerprint density at radius 2 is 1.86 bits per heavy atom. The molecule has 0 spiro atoms. The first kappa shape index (κ1) is 8.94. The van der Waals surface area contributed by atoms with E-state index in [1.54, 1.807) is 0 Å². The number of hydrogen-bond acceptors (Lipinski definition) is 3. The van der Waals surface area contributed by atoms with Gasteiger partial charge in [-0.3, -0.25) is 9.59 Å². The van der Waals surface area contributed by atoms with Gasteiger partial charge in [0.15, 0.2) is 5.78 Å². The zero-order valence-electron chi connectivity index (χ0n) is 7.60. The summed E-state index contributed by atoms with van der Waals surface area (Å²) in [6.45, 7) is 0.182. The molecule has 1 unspecified atom stereocenters. The molecule has 0 saturated carbocycles. The highest BCUT2D eigenvalue weighted by Gasteiger charge is 2.29. The van der Waals surface area contributed by atoms with Gasteiger partial charge in [0.2, 0.25) is 0 Å². The lowest BCUT2D eigenvalue weighted by Crippen LogP contribution is -2.29. The minimum Gasteiger partial charge on any atom is -0.464 e. The van der Waals surface area contributed by atoms with Crippen molar-refractivity contribution in [3.05, 3.63) is 35.9 Å². The third-order valence-corrected chi connectivity index (χ3v) is 2.32. The molecule has 1 aromatic rings. The van der Waals surface area contributed by atoms with Crippen LogP contribution in [0.25, 0.3) is 0 Å². The van der Waals surface area contributed by atoms with Crippen molar-refractivity contribution in [2.24, 2.45) is 0 Å². The second-order valence-corrected chi connectivity index (χ2v) is 3.29. The average molecular weight is 190 g/mol. The molecule has 3 heteroatoms. The van der Waals surface area contributed by atoms with Crippen molar-refractivity contribution in [1.29, 1.82) is 0 Å². The average Bonchev–Trinajstić information content (AvgIpc) is 2.19. The number of Topliss-reactive ketones (excluding diaryl/α,β-unsaturated/α-hetero) is 1. The summed E-state index contributed by atoms with van der Waals surface area (Å²) < 4.78 is 4.86. The van der Waals surface area contributed by atoms with E-state index in [0.29, 0.717) is 0 Å². The van der Waals surface area contributed by atoms with Crippen LogP contribution in [-0.4, -0.2) is 18.4 Å². The molecule has 0 bridgehead atoms. The number of carbonyl (C=O) groups excluding carboxylic acids is 2. The zero-order valence-corrected chi connectivity index (χ0v) is 7.60. The lowest BCUT2D eigenvalue weighted by Gasteiger charge is -2.20. The molecule has 1 saturated heterocycles. The Labute approximate surface area is 81.7 Å². The molecule has 3 nitrogen and oxygen atoms in total. The third-order valence-electron chi connectivity index (χ3n) is 2.32. The van der Waals surface area contributed by atoms with Crippen LogP contribution >= 0.6 is 0 Å². The number of esters is 1. The SMILES string of the molecule is O=C1CC(=O)C(c2ccccc2)CO1. The van der Waals surface area contributed by atoms with Gasteiger partial charge in [-0.2, -0.15) is 0 Å². The minimum absolute atomic E-state index is 0.0487. The summed E-state index contributed by atoms with van der Waals surface area (Å²) in [6, 6.07) is 9.39. The van der Waals surface area contributed by atoms with E-state index in [1.807, 2.05) is 30.3 Å². The molecule has 72 valence electrons. The summed E-state index contributed by atoms with van der Waals surface area (Å²) in [4.78, 5) is 22.3. The van der Waals surface area contributed by atoms with Crippen molar-refractivity contribution in [3.8, 4) is 0 Å². The van der Waals surface area contributed by atoms with Crippen LogP contribution in [0.5, 0.6) is 0 Å². The number of benzene rings is 1. The van der Waals surface area contributed by atoms with E-state index in [2.05, 4.69) is 0 Å². The highest BCUT2D eigenvalue weighted by atomic mass is 16.5. The monoisotopic (exact) mass is 190 g/mol. The molecule has 1 aliphatic heterocycles. The highest BCUT2D eigenvalue weighted by Crippen LogP contribution is 2.22. The molecule has 1 aliphatic rings. The van der Waals surface area contributed by atoms with Gasteiger partial charge in [-0.25, -0.2) is 0 Å². The molecule has 2 rings (SSSR count). The van der Waals surface area contributed by atoms with E-state index in [1.165, 1.54) is 0 Å². The van der Waals surface area contributed by atoms with Gasteiger partial charge < -0.3 is 4.74 Å². The fourth-order valence-electron chi connectivity index (χ4n) is 1.55. The molecule has 1 fully saturated rings. The molecule has 1 aromatic carbocycles. The van der Waals surface area contributed by atoms with Gasteiger partial charge in [-0.05, 0) is 5.56 Å². The van der Waals surface area contributed by atoms with Gasteiger partial charge in [0.25, 0.3) is 0 Å². The van der Waals surface area contributed by atoms with Crippen LogP contribution in [0.4, 0.5) is 0 Å². The van der Waals surface area contributed by atoms with Crippen molar-refractivity contribution in [3.63, 3.8) is 0 Å². The number of rotatable bonds is 1. The summed E-state index contributed by atoms with van der Waals surface area (Å²) in [5, 5.41) is 0. The van der Waals surface area contributed by atoms with Gasteiger partial charge in [0.1, 0.15) is 13.0 Å². The lowest BCUT2D eigenvalue weighted by atomic mass is 9.92. The number of ketones is 1. The molecule has 0 aliphatic carbocycles. The normalized spacial score (nSPS) is 21.9. The number of carbonyl (C=O) groups is 2. The predicted molar refractivity (Wildman–Crippen MR) is 49.8 cm³/mol. The fraction of sp³-hybridized carbons (Fsp3) is 0.273. The summed E-state index contributed by atoms with van der Waals surface area (Å²) in [5.41, 5.74) is 0.921. The number of ether oxygens (including phenoxy) is 1. The second-order valence-electron chi connectivity index (χ2n) is 3.29. The number of hydrogen-bond donors (Lipinski definition) is 0. The first-order valence-corrected chi connectivity index (χ1v) is 4.50. The van der Waals surface area contributed by atoms with Gasteiger partial charge >= 0.3 is 5.97 Å². The summed E-state index contributed by atoms with van der Waals surface area (Å²) >= 11 is 0. The third kappa shape index (κ3) is 1.66. The Balaban J connectivity index is 2.20. The first-order chi connectivity index (χ1) is 6.77. The molecule has 0 amide bonds. The Morgan fingerprint density at radius 3 is 2.50 bits per heavy atom. The molecule has 0 radical (unpaired) electrons. The van der Waals surface area contributed by atoms with Gasteiger partial charge in [0.05, 0.1) is 5.92 Å². The van der Waals surface area contributed by atoms with Crippen molar-refractivity contribution in [1.82, 2.24) is 0 Å². The molecule has 1 heterocycles. The van der Waals surface area contributed by atoms with Crippen LogP contribution in [0.2, 0.25) is 0 Å². The summed E-state index contributed by atoms with van der Waals surface area (Å²) in [6.07, 6.45) is -0.0977. The van der Waals surface area contributed by atoms with Crippen molar-refractivity contribution in [2.45, 2.75) is 12.3 Å². The maximum atomic E-state index is 11.5. The standard InChI is InChI=1S/C11H10O3/c12-10-6-11(13)14-7-9(10)8-4-2-1-3-5-8/h1-5,9H,6-7H2. The van der Waals surface area contributed by atoms with E-state index in [-0.39, 0.29) is 24.7 Å². The summed E-state index contributed by atoms with van der Waals surface area (Å²) in [7, 11) is 0. The quantitative estimate of drug-likeness (QED) is 0.495. The zero-order chi connectivity index (χ0) is 9.97. The maximum Gasteiger partial charge on any atom is 0.313 e. The Hall–Kier alpha value is -1.64. The van der Waals surface area contributed by atoms with Crippen LogP contribution in [0.15, 0.2) is 30.3 Å². The van der Waals surface area contributed by atoms with E-state index >= 15 is 0 Å². The van der Waals surface area contributed by atoms with Crippen LogP contribution < -0.4 is 0 Å². The van der Waals surface area contributed by atoms with Crippen LogP contribution in [0.3, 0.4) is 0 Å². The molecular formula is C11H10O3. The number of cyclic esters (lactones) is 1. The van der Waals surface area contributed by atoms with E-state index in [4.69, 9.17) is 4.74 Å². The molecule has 0 aromatic heterocycles. The van der Waals surface area contributed by atoms with E-state index in [0.717, 1.165) is 5.56 Å². The second kappa shape index (κ2) is 3.62. The van der Waals surface area contributed by atoms with Gasteiger partial charge in [-0.1, -0.05) is 30.3 Å². The predicted octanol–water partition coefficient (Wildman–Crippen LogP) is 1.29. The highest BCUT2D eigenvalue weighted by molar-refractivity contribution is 6.01. The van der Waals surface area contributed by atoms with Crippen LogP contribution in [-0.2, 0) is 14.3 Å². The largest absolute Gasteiger partial charge is 0.464 e. The Bertz CT molecular complexity index is 356. The van der Waals surface area contributed by atoms with Gasteiger partial charge in [0, 0.05) is 0 Å². The Kier molecular flexibility index (Phi) is 2.31. The molecule has 0 N–H and O–H groups in total. The smallest absolute Gasteiger partial charge is 0.313 e. The topological polar surface area (TPSA) is 43.4 Å². The Morgan fingerprint density at radius 1 is 1.14 bits per heavy atom. The summed E-state index contributed by atoms with van der Waals surface area (Å²) in [5.74, 6) is -0.733. The van der Waals surface area contributed by atoms with Crippen molar-refractivity contribution in [2.75, 3.05) is 6.61 Å². The molecule has 14 heavy (non-hydrogen) atoms. The van der Waals surface area contributed by atoms with Gasteiger partial charge in [-0.15, -0.1) is 0 Å². The molecular weight excluding hydrogens is 180 g/mol. The van der Waals surface area contributed by atoms with E-state index in [9.17, 15) is 9.59 Å². The van der Waals surface area contributed by atoms with E-state index < -0.39 is 5.97 Å². The first-order valence-electron chi connectivity index (χ1n) is 4.50. The van der Waals surface area contributed by atoms with Crippen molar-refractivity contribution < 1.29 is 14.3 Å². The minimum atomic E-state index is -0.415. The van der Waals surface area contributed by atoms with Crippen molar-refractivity contribution >= 4 is 11.8 Å². The van der Waals surface area contributed by atoms with Crippen LogP contribution in [0, 0.1) is 0 Å². The fourth-order valence-corrected chi connectivity index (χ4v) is 1.55. The van der Waals surface area contributed by atoms with Crippen LogP contribution in [0.1, 0.15) is 17.9 Å². The lowest BCUT2D eigenvalue weighted by molar-refractivity contribution is -0.152.